The minimum Gasteiger partial charge on any atom is -0.493 e. The molecule has 5 rings (SSSR count). The molecule has 1 aromatic rings. The van der Waals surface area contributed by atoms with Crippen molar-refractivity contribution in [3.05, 3.63) is 34.9 Å². The highest BCUT2D eigenvalue weighted by molar-refractivity contribution is 5.96. The molecule has 7 unspecified atom stereocenters. The number of nitrogens with zero attached hydrogens (tertiary/aromatic N) is 1. The fraction of sp³-hybridized carbons (Fsp3) is 0.722. The van der Waals surface area contributed by atoms with Crippen LogP contribution in [0.2, 0.25) is 0 Å². The van der Waals surface area contributed by atoms with Crippen molar-refractivity contribution in [1.82, 2.24) is 10.2 Å². The molecule has 256 valence electrons. The van der Waals surface area contributed by atoms with Crippen molar-refractivity contribution in [1.29, 1.82) is 0 Å². The van der Waals surface area contributed by atoms with Gasteiger partial charge in [-0.15, -0.1) is 0 Å². The lowest BCUT2D eigenvalue weighted by Gasteiger charge is -2.43. The number of carbonyl (C=O) groups excluding carboxylic acids is 2. The topological polar surface area (TPSA) is 138 Å². The number of fused-ring (bicyclic) bond motifs is 3. The maximum Gasteiger partial charge on any atom is 0.249 e. The van der Waals surface area contributed by atoms with E-state index in [0.29, 0.717) is 52.5 Å². The van der Waals surface area contributed by atoms with Crippen molar-refractivity contribution in [2.24, 2.45) is 23.7 Å². The molecule has 2 amide bonds. The molecule has 4 aliphatic rings. The molecule has 4 N–H and O–H groups in total. The predicted octanol–water partition coefficient (Wildman–Crippen LogP) is 3.70. The first-order chi connectivity index (χ1) is 22.2. The maximum atomic E-state index is 14.2. The van der Waals surface area contributed by atoms with E-state index in [4.69, 9.17) is 14.2 Å². The number of benzene rings is 1. The van der Waals surface area contributed by atoms with Gasteiger partial charge in [0.05, 0.1) is 38.4 Å². The van der Waals surface area contributed by atoms with Crippen LogP contribution in [-0.4, -0.2) is 89.8 Å². The third-order valence-corrected chi connectivity index (χ3v) is 10.7. The Morgan fingerprint density at radius 1 is 1.11 bits per heavy atom. The highest BCUT2D eigenvalue weighted by atomic mass is 16.5. The van der Waals surface area contributed by atoms with Crippen molar-refractivity contribution < 1.29 is 39.1 Å². The molecule has 2 saturated carbocycles. The van der Waals surface area contributed by atoms with Gasteiger partial charge in [-0.3, -0.25) is 9.59 Å². The van der Waals surface area contributed by atoms with E-state index in [1.807, 2.05) is 0 Å². The number of hydrogen-bond donors (Lipinski definition) is 4. The van der Waals surface area contributed by atoms with Gasteiger partial charge in [0, 0.05) is 24.2 Å². The van der Waals surface area contributed by atoms with Crippen LogP contribution in [-0.2, 0) is 20.9 Å². The number of nitrogens with one attached hydrogen (secondary N) is 1. The summed E-state index contributed by atoms with van der Waals surface area (Å²) in [5.41, 5.74) is 1.58. The molecule has 2 fully saturated rings. The number of aliphatic hydroxyl groups excluding tert-OH is 3. The number of amides is 2. The lowest BCUT2D eigenvalue weighted by Crippen LogP contribution is -2.57. The van der Waals surface area contributed by atoms with Crippen LogP contribution >= 0.6 is 0 Å². The summed E-state index contributed by atoms with van der Waals surface area (Å²) in [5, 5.41) is 34.2. The van der Waals surface area contributed by atoms with Crippen molar-refractivity contribution in [3.8, 4) is 11.5 Å². The normalized spacial score (nSPS) is 29.4. The van der Waals surface area contributed by atoms with Gasteiger partial charge in [0.15, 0.2) is 11.5 Å². The zero-order valence-electron chi connectivity index (χ0n) is 28.0. The maximum absolute atomic E-state index is 14.2. The summed E-state index contributed by atoms with van der Waals surface area (Å²) in [6.45, 7) is 6.65. The molecule has 1 aromatic carbocycles. The standard InChI is InChI=1S/C36H54N2O8/c1-21(2)25-11-10-22(3)14-29(25)45-20-31(41)38(18-23-8-6-5-7-9-23)28-17-27(36(43)37-12-13-39)32-26-15-24(19-40)16-30(44-4)34(26)46-35(32)33(28)42/h15-17,21-23,25,28-29,32-33,35,39-40,42H,5-14,18-20H2,1-4H3,(H,37,43). The van der Waals surface area contributed by atoms with E-state index in [0.717, 1.165) is 38.5 Å². The largest absolute Gasteiger partial charge is 0.493 e. The van der Waals surface area contributed by atoms with Gasteiger partial charge in [-0.2, -0.15) is 0 Å². The van der Waals surface area contributed by atoms with Crippen LogP contribution in [0, 0.1) is 23.7 Å². The van der Waals surface area contributed by atoms with Crippen LogP contribution in [0.4, 0.5) is 0 Å². The number of carbonyl (C=O) groups is 2. The van der Waals surface area contributed by atoms with Gasteiger partial charge in [0.25, 0.3) is 0 Å². The summed E-state index contributed by atoms with van der Waals surface area (Å²) >= 11 is 0. The van der Waals surface area contributed by atoms with Gasteiger partial charge in [-0.05, 0) is 73.1 Å². The minimum absolute atomic E-state index is 0.00102. The summed E-state index contributed by atoms with van der Waals surface area (Å²) in [4.78, 5) is 29.7. The fourth-order valence-corrected chi connectivity index (χ4v) is 8.22. The SMILES string of the molecule is COc1cc(CO)cc2c1OC1C2C(C(=O)NCCO)=CC(N(CC2CCCCC2)C(=O)COC2CC(C)CCC2C(C)C)C1O. The summed E-state index contributed by atoms with van der Waals surface area (Å²) in [6.07, 6.45) is 8.29. The number of rotatable bonds is 12. The number of methoxy groups -OCH3 is 1. The zero-order valence-corrected chi connectivity index (χ0v) is 28.0. The van der Waals surface area contributed by atoms with Crippen LogP contribution in [0.5, 0.6) is 11.5 Å². The average molecular weight is 643 g/mol. The van der Waals surface area contributed by atoms with Gasteiger partial charge in [0.1, 0.15) is 18.8 Å². The number of aliphatic hydroxyl groups is 3. The molecule has 3 aliphatic carbocycles. The molecular weight excluding hydrogens is 588 g/mol. The first kappa shape index (κ1) is 34.7. The molecule has 10 heteroatoms. The van der Waals surface area contributed by atoms with Gasteiger partial charge in [-0.25, -0.2) is 0 Å². The van der Waals surface area contributed by atoms with Crippen LogP contribution in [0.25, 0.3) is 0 Å². The molecule has 1 aliphatic heterocycles. The minimum atomic E-state index is -1.14. The summed E-state index contributed by atoms with van der Waals surface area (Å²) < 4.78 is 18.4. The van der Waals surface area contributed by atoms with E-state index in [1.165, 1.54) is 20.0 Å². The highest BCUT2D eigenvalue weighted by Gasteiger charge is 2.51. The van der Waals surface area contributed by atoms with E-state index >= 15 is 0 Å². The van der Waals surface area contributed by atoms with Gasteiger partial charge < -0.3 is 39.7 Å². The quantitative estimate of drug-likeness (QED) is 0.271. The van der Waals surface area contributed by atoms with Crippen molar-refractivity contribution in [2.75, 3.05) is 33.4 Å². The smallest absolute Gasteiger partial charge is 0.249 e. The van der Waals surface area contributed by atoms with Crippen LogP contribution in [0.3, 0.4) is 0 Å². The van der Waals surface area contributed by atoms with Crippen molar-refractivity contribution in [3.63, 3.8) is 0 Å². The summed E-state index contributed by atoms with van der Waals surface area (Å²) in [5.74, 6) is 1.23. The number of ether oxygens (including phenoxy) is 3. The Morgan fingerprint density at radius 2 is 1.87 bits per heavy atom. The molecule has 0 aromatic heterocycles. The lowest BCUT2D eigenvalue weighted by atomic mass is 9.75. The summed E-state index contributed by atoms with van der Waals surface area (Å²) in [6, 6.07) is 2.64. The Bertz CT molecular complexity index is 1240. The van der Waals surface area contributed by atoms with E-state index in [9.17, 15) is 24.9 Å². The van der Waals surface area contributed by atoms with E-state index in [2.05, 4.69) is 26.1 Å². The van der Waals surface area contributed by atoms with Crippen molar-refractivity contribution >= 4 is 11.8 Å². The molecule has 0 saturated heterocycles. The molecule has 1 heterocycles. The summed E-state index contributed by atoms with van der Waals surface area (Å²) in [7, 11) is 1.51. The predicted molar refractivity (Wildman–Crippen MR) is 173 cm³/mol. The third-order valence-electron chi connectivity index (χ3n) is 10.7. The van der Waals surface area contributed by atoms with Crippen molar-refractivity contribution in [2.45, 2.75) is 109 Å². The van der Waals surface area contributed by atoms with Gasteiger partial charge in [0.2, 0.25) is 11.8 Å². The average Bonchev–Trinajstić information content (AvgIpc) is 3.45. The molecule has 46 heavy (non-hydrogen) atoms. The Hall–Kier alpha value is -2.66. The van der Waals surface area contributed by atoms with Crippen LogP contribution < -0.4 is 14.8 Å². The Labute approximate surface area is 273 Å². The first-order valence-corrected chi connectivity index (χ1v) is 17.3. The monoisotopic (exact) mass is 642 g/mol. The molecule has 7 atom stereocenters. The Kier molecular flexibility index (Phi) is 11.7. The molecule has 0 bridgehead atoms. The van der Waals surface area contributed by atoms with Crippen LogP contribution in [0.15, 0.2) is 23.8 Å². The third kappa shape index (κ3) is 7.40. The molecule has 0 spiro atoms. The first-order valence-electron chi connectivity index (χ1n) is 17.3. The number of hydrogen-bond acceptors (Lipinski definition) is 8. The van der Waals surface area contributed by atoms with Gasteiger partial charge >= 0.3 is 0 Å². The van der Waals surface area contributed by atoms with E-state index in [1.54, 1.807) is 23.1 Å². The highest BCUT2D eigenvalue weighted by Crippen LogP contribution is 2.51. The molecular formula is C36H54N2O8. The second kappa shape index (κ2) is 15.5. The molecule has 10 nitrogen and oxygen atoms in total. The second-order valence-corrected chi connectivity index (χ2v) is 14.2. The zero-order chi connectivity index (χ0) is 33.0. The molecule has 0 radical (unpaired) electrons. The van der Waals surface area contributed by atoms with E-state index < -0.39 is 30.1 Å². The Balaban J connectivity index is 1.49. The fourth-order valence-electron chi connectivity index (χ4n) is 8.22. The van der Waals surface area contributed by atoms with Gasteiger partial charge in [-0.1, -0.05) is 46.5 Å². The Morgan fingerprint density at radius 3 is 2.54 bits per heavy atom. The lowest BCUT2D eigenvalue weighted by molar-refractivity contribution is -0.148. The second-order valence-electron chi connectivity index (χ2n) is 14.2. The van der Waals surface area contributed by atoms with Crippen LogP contribution in [0.1, 0.15) is 89.2 Å². The van der Waals surface area contributed by atoms with E-state index in [-0.39, 0.29) is 44.3 Å².